The molecular formula is C31H45N3. The Bertz CT molecular complexity index is 855. The molecule has 2 aromatic rings. The molecule has 0 saturated heterocycles. The zero-order chi connectivity index (χ0) is 24.1. The fourth-order valence-electron chi connectivity index (χ4n) is 5.39. The van der Waals surface area contributed by atoms with Gasteiger partial charge >= 0.3 is 0 Å². The van der Waals surface area contributed by atoms with Crippen LogP contribution in [0.4, 0.5) is 0 Å². The van der Waals surface area contributed by atoms with E-state index in [2.05, 4.69) is 44.2 Å². The number of hydrogen-bond donors (Lipinski definition) is 0. The van der Waals surface area contributed by atoms with Crippen molar-refractivity contribution in [2.24, 2.45) is 5.41 Å². The molecule has 0 amide bonds. The van der Waals surface area contributed by atoms with E-state index in [4.69, 9.17) is 9.97 Å². The van der Waals surface area contributed by atoms with Crippen molar-refractivity contribution in [1.82, 2.24) is 9.97 Å². The third-order valence-electron chi connectivity index (χ3n) is 7.83. The maximum absolute atomic E-state index is 9.73. The molecule has 184 valence electrons. The number of nitriles is 1. The molecular weight excluding hydrogens is 414 g/mol. The molecule has 1 aliphatic carbocycles. The maximum atomic E-state index is 9.73. The molecule has 3 rings (SSSR count). The summed E-state index contributed by atoms with van der Waals surface area (Å²) >= 11 is 0. The van der Waals surface area contributed by atoms with Gasteiger partial charge in [0.15, 0.2) is 0 Å². The van der Waals surface area contributed by atoms with Crippen molar-refractivity contribution in [3.8, 4) is 17.2 Å². The van der Waals surface area contributed by atoms with Gasteiger partial charge in [0.2, 0.25) is 0 Å². The lowest BCUT2D eigenvalue weighted by Gasteiger charge is -2.34. The summed E-state index contributed by atoms with van der Waals surface area (Å²) in [4.78, 5) is 9.48. The Kier molecular flexibility index (Phi) is 11.1. The number of unbranched alkanes of at least 4 members (excludes halogenated alkanes) is 8. The highest BCUT2D eigenvalue weighted by Crippen LogP contribution is 2.44. The van der Waals surface area contributed by atoms with Gasteiger partial charge < -0.3 is 0 Å². The van der Waals surface area contributed by atoms with Crippen LogP contribution in [0.2, 0.25) is 0 Å². The largest absolute Gasteiger partial charge is 0.240 e. The van der Waals surface area contributed by atoms with Crippen LogP contribution in [0.1, 0.15) is 127 Å². The molecule has 0 unspecified atom stereocenters. The number of aromatic nitrogens is 2. The Balaban J connectivity index is 1.44. The highest BCUT2D eigenvalue weighted by atomic mass is 14.9. The minimum absolute atomic E-state index is 0.108. The Morgan fingerprint density at radius 3 is 1.97 bits per heavy atom. The predicted molar refractivity (Wildman–Crippen MR) is 143 cm³/mol. The van der Waals surface area contributed by atoms with E-state index in [-0.39, 0.29) is 5.41 Å². The van der Waals surface area contributed by atoms with Crippen molar-refractivity contribution < 1.29 is 0 Å². The predicted octanol–water partition coefficient (Wildman–Crippen LogP) is 9.18. The smallest absolute Gasteiger partial charge is 0.131 e. The summed E-state index contributed by atoms with van der Waals surface area (Å²) in [6.45, 7) is 4.48. The lowest BCUT2D eigenvalue weighted by atomic mass is 9.68. The monoisotopic (exact) mass is 459 g/mol. The van der Waals surface area contributed by atoms with Gasteiger partial charge in [-0.05, 0) is 56.1 Å². The average Bonchev–Trinajstić information content (AvgIpc) is 2.90. The van der Waals surface area contributed by atoms with E-state index in [1.807, 2.05) is 12.4 Å². The lowest BCUT2D eigenvalue weighted by Crippen LogP contribution is -2.26. The minimum Gasteiger partial charge on any atom is -0.240 e. The number of benzene rings is 1. The van der Waals surface area contributed by atoms with Gasteiger partial charge in [0, 0.05) is 23.9 Å². The highest BCUT2D eigenvalue weighted by molar-refractivity contribution is 5.61. The van der Waals surface area contributed by atoms with E-state index < -0.39 is 0 Å². The first kappa shape index (κ1) is 26.4. The molecule has 0 N–H and O–H groups in total. The first-order chi connectivity index (χ1) is 16.7. The van der Waals surface area contributed by atoms with E-state index in [9.17, 15) is 5.26 Å². The molecule has 0 radical (unpaired) electrons. The molecule has 0 spiro atoms. The second-order valence-electron chi connectivity index (χ2n) is 10.5. The number of rotatable bonds is 14. The van der Waals surface area contributed by atoms with Crippen LogP contribution >= 0.6 is 0 Å². The quantitative estimate of drug-likeness (QED) is 0.264. The van der Waals surface area contributed by atoms with Crippen molar-refractivity contribution in [2.45, 2.75) is 122 Å². The van der Waals surface area contributed by atoms with Gasteiger partial charge in [-0.1, -0.05) is 95.9 Å². The third kappa shape index (κ3) is 7.93. The van der Waals surface area contributed by atoms with E-state index in [0.29, 0.717) is 5.92 Å². The van der Waals surface area contributed by atoms with Crippen LogP contribution in [-0.4, -0.2) is 9.97 Å². The van der Waals surface area contributed by atoms with Crippen LogP contribution in [0.3, 0.4) is 0 Å². The summed E-state index contributed by atoms with van der Waals surface area (Å²) in [7, 11) is 0. The van der Waals surface area contributed by atoms with Gasteiger partial charge in [0.1, 0.15) is 5.82 Å². The topological polar surface area (TPSA) is 49.6 Å². The first-order valence-electron chi connectivity index (χ1n) is 14.0. The van der Waals surface area contributed by atoms with Crippen molar-refractivity contribution in [1.29, 1.82) is 5.26 Å². The zero-order valence-corrected chi connectivity index (χ0v) is 21.7. The first-order valence-corrected chi connectivity index (χ1v) is 14.0. The van der Waals surface area contributed by atoms with Crippen molar-refractivity contribution >= 4 is 0 Å². The molecule has 3 heteroatoms. The number of hydrogen-bond acceptors (Lipinski definition) is 3. The van der Waals surface area contributed by atoms with E-state index in [1.165, 1.54) is 68.9 Å². The van der Waals surface area contributed by atoms with Gasteiger partial charge in [-0.15, -0.1) is 0 Å². The fraction of sp³-hybridized carbons (Fsp3) is 0.645. The number of aryl methyl sites for hydroxylation is 1. The molecule has 0 bridgehead atoms. The third-order valence-corrected chi connectivity index (χ3v) is 7.83. The van der Waals surface area contributed by atoms with E-state index in [1.54, 1.807) is 0 Å². The van der Waals surface area contributed by atoms with Crippen LogP contribution in [-0.2, 0) is 6.42 Å². The molecule has 0 aliphatic heterocycles. The fourth-order valence-corrected chi connectivity index (χ4v) is 5.39. The van der Waals surface area contributed by atoms with Gasteiger partial charge in [0.05, 0.1) is 11.5 Å². The highest BCUT2D eigenvalue weighted by Gasteiger charge is 2.36. The standard InChI is InChI=1S/C31H45N3/c1-3-5-7-8-9-10-11-12-13-26-14-16-27(17-15-26)29-23-33-30(34-24-29)28-18-21-31(25-32,22-19-28)20-6-4-2/h14-17,23-24,28H,3-13,18-22H2,1-2H3/t28-,31-. The Morgan fingerprint density at radius 1 is 0.794 bits per heavy atom. The van der Waals surface area contributed by atoms with Gasteiger partial charge in [-0.2, -0.15) is 5.26 Å². The zero-order valence-electron chi connectivity index (χ0n) is 21.7. The molecule has 1 heterocycles. The Labute approximate surface area is 208 Å². The van der Waals surface area contributed by atoms with Crippen molar-refractivity contribution in [3.63, 3.8) is 0 Å². The molecule has 1 aliphatic rings. The summed E-state index contributed by atoms with van der Waals surface area (Å²) < 4.78 is 0. The van der Waals surface area contributed by atoms with E-state index in [0.717, 1.165) is 56.3 Å². The second-order valence-corrected chi connectivity index (χ2v) is 10.5. The van der Waals surface area contributed by atoms with Crippen LogP contribution in [0.15, 0.2) is 36.7 Å². The minimum atomic E-state index is -0.108. The van der Waals surface area contributed by atoms with Crippen LogP contribution < -0.4 is 0 Å². The Morgan fingerprint density at radius 2 is 1.38 bits per heavy atom. The molecule has 34 heavy (non-hydrogen) atoms. The van der Waals surface area contributed by atoms with Crippen LogP contribution in [0.25, 0.3) is 11.1 Å². The lowest BCUT2D eigenvalue weighted by molar-refractivity contribution is 0.221. The molecule has 3 nitrogen and oxygen atoms in total. The summed E-state index contributed by atoms with van der Waals surface area (Å²) in [6, 6.07) is 11.6. The second kappa shape index (κ2) is 14.2. The maximum Gasteiger partial charge on any atom is 0.131 e. The van der Waals surface area contributed by atoms with E-state index >= 15 is 0 Å². The van der Waals surface area contributed by atoms with Crippen LogP contribution in [0.5, 0.6) is 0 Å². The summed E-state index contributed by atoms with van der Waals surface area (Å²) in [5.41, 5.74) is 3.60. The van der Waals surface area contributed by atoms with Crippen molar-refractivity contribution in [3.05, 3.63) is 48.0 Å². The van der Waals surface area contributed by atoms with Gasteiger partial charge in [-0.25, -0.2) is 9.97 Å². The molecule has 1 aromatic carbocycles. The van der Waals surface area contributed by atoms with Gasteiger partial charge in [0.25, 0.3) is 0 Å². The SMILES string of the molecule is CCCCCCCCCCc1ccc(-c2cnc([C@H]3CC[C@@](C#N)(CCCC)CC3)nc2)cc1. The van der Waals surface area contributed by atoms with Crippen molar-refractivity contribution in [2.75, 3.05) is 0 Å². The molecule has 1 aromatic heterocycles. The normalized spacial score (nSPS) is 20.2. The number of nitrogens with zero attached hydrogens (tertiary/aromatic N) is 3. The molecule has 1 saturated carbocycles. The summed E-state index contributed by atoms with van der Waals surface area (Å²) in [5, 5.41) is 9.73. The molecule has 1 fully saturated rings. The molecule has 0 atom stereocenters. The summed E-state index contributed by atoms with van der Waals surface area (Å²) in [5.74, 6) is 1.35. The van der Waals surface area contributed by atoms with Gasteiger partial charge in [-0.3, -0.25) is 0 Å². The average molecular weight is 460 g/mol. The van der Waals surface area contributed by atoms with Crippen LogP contribution in [0, 0.1) is 16.7 Å². The Hall–Kier alpha value is -2.21. The summed E-state index contributed by atoms with van der Waals surface area (Å²) in [6.07, 6.45) is 23.5.